The summed E-state index contributed by atoms with van der Waals surface area (Å²) in [7, 11) is 1.69. The summed E-state index contributed by atoms with van der Waals surface area (Å²) in [4.78, 5) is 3.09. The van der Waals surface area contributed by atoms with E-state index in [9.17, 15) is 5.11 Å². The van der Waals surface area contributed by atoms with Crippen molar-refractivity contribution in [3.63, 3.8) is 0 Å². The summed E-state index contributed by atoms with van der Waals surface area (Å²) >= 11 is 1.45. The lowest BCUT2D eigenvalue weighted by atomic mass is 10.2. The molecular formula is C18H22N2O2S. The topological polar surface area (TPSA) is 56.6 Å². The average molecular weight is 330 g/mol. The average Bonchev–Trinajstić information content (AvgIpc) is 2.57. The van der Waals surface area contributed by atoms with Crippen molar-refractivity contribution in [2.75, 3.05) is 20.3 Å². The Morgan fingerprint density at radius 1 is 1.13 bits per heavy atom. The monoisotopic (exact) mass is 330 g/mol. The summed E-state index contributed by atoms with van der Waals surface area (Å²) in [6, 6.07) is 17.1. The van der Waals surface area contributed by atoms with Gasteiger partial charge in [-0.25, -0.2) is 0 Å². The molecule has 0 unspecified atom stereocenters. The number of aromatic hydroxyl groups is 1. The SMILES string of the molecule is COCCCN(Cc1ccc(O)cc1)C(=N)Sc1ccccc1. The van der Waals surface area contributed by atoms with Crippen LogP contribution in [0.15, 0.2) is 59.5 Å². The second-order valence-corrected chi connectivity index (χ2v) is 6.22. The molecule has 0 fully saturated rings. The maximum absolute atomic E-state index is 9.39. The van der Waals surface area contributed by atoms with Crippen molar-refractivity contribution in [1.82, 2.24) is 4.90 Å². The molecular weight excluding hydrogens is 308 g/mol. The lowest BCUT2D eigenvalue weighted by molar-refractivity contribution is 0.185. The Morgan fingerprint density at radius 3 is 2.48 bits per heavy atom. The molecule has 0 bridgehead atoms. The molecule has 4 nitrogen and oxygen atoms in total. The number of hydrogen-bond acceptors (Lipinski definition) is 4. The predicted octanol–water partition coefficient (Wildman–Crippen LogP) is 3.96. The molecule has 5 heteroatoms. The van der Waals surface area contributed by atoms with E-state index in [4.69, 9.17) is 10.1 Å². The van der Waals surface area contributed by atoms with Gasteiger partial charge in [0.25, 0.3) is 0 Å². The van der Waals surface area contributed by atoms with Gasteiger partial charge in [-0.3, -0.25) is 5.41 Å². The number of methoxy groups -OCH3 is 1. The quantitative estimate of drug-likeness (QED) is 0.349. The van der Waals surface area contributed by atoms with Crippen molar-refractivity contribution in [3.8, 4) is 5.75 Å². The molecule has 2 aromatic rings. The van der Waals surface area contributed by atoms with Crippen LogP contribution >= 0.6 is 11.8 Å². The molecule has 122 valence electrons. The second kappa shape index (κ2) is 9.22. The van der Waals surface area contributed by atoms with Crippen LogP contribution in [0.2, 0.25) is 0 Å². The normalized spacial score (nSPS) is 10.5. The van der Waals surface area contributed by atoms with Gasteiger partial charge in [-0.1, -0.05) is 42.1 Å². The number of nitrogens with zero attached hydrogens (tertiary/aromatic N) is 1. The second-order valence-electron chi connectivity index (χ2n) is 5.15. The fourth-order valence-electron chi connectivity index (χ4n) is 2.14. The van der Waals surface area contributed by atoms with E-state index in [0.29, 0.717) is 18.3 Å². The van der Waals surface area contributed by atoms with E-state index in [-0.39, 0.29) is 5.75 Å². The van der Waals surface area contributed by atoms with E-state index in [1.165, 1.54) is 11.8 Å². The number of nitrogens with one attached hydrogen (secondary N) is 1. The summed E-state index contributed by atoms with van der Waals surface area (Å²) < 4.78 is 5.12. The van der Waals surface area contributed by atoms with Gasteiger partial charge in [-0.2, -0.15) is 0 Å². The van der Waals surface area contributed by atoms with Gasteiger partial charge >= 0.3 is 0 Å². The molecule has 0 heterocycles. The van der Waals surface area contributed by atoms with Crippen LogP contribution in [-0.2, 0) is 11.3 Å². The summed E-state index contributed by atoms with van der Waals surface area (Å²) in [5.74, 6) is 0.258. The highest BCUT2D eigenvalue weighted by Crippen LogP contribution is 2.22. The molecule has 0 atom stereocenters. The Morgan fingerprint density at radius 2 is 1.83 bits per heavy atom. The van der Waals surface area contributed by atoms with E-state index in [1.807, 2.05) is 47.4 Å². The molecule has 2 N–H and O–H groups in total. The molecule has 2 aromatic carbocycles. The van der Waals surface area contributed by atoms with Crippen molar-refractivity contribution < 1.29 is 9.84 Å². The Kier molecular flexibility index (Phi) is 6.97. The van der Waals surface area contributed by atoms with E-state index in [0.717, 1.165) is 23.4 Å². The van der Waals surface area contributed by atoms with Crippen LogP contribution in [0.25, 0.3) is 0 Å². The molecule has 23 heavy (non-hydrogen) atoms. The van der Waals surface area contributed by atoms with E-state index in [1.54, 1.807) is 19.2 Å². The molecule has 0 aromatic heterocycles. The number of ether oxygens (including phenoxy) is 1. The zero-order valence-corrected chi connectivity index (χ0v) is 14.1. The zero-order chi connectivity index (χ0) is 16.5. The van der Waals surface area contributed by atoms with Crippen molar-refractivity contribution >= 4 is 16.9 Å². The smallest absolute Gasteiger partial charge is 0.161 e. The first kappa shape index (κ1) is 17.4. The molecule has 0 saturated heterocycles. The molecule has 2 rings (SSSR count). The van der Waals surface area contributed by atoms with Crippen molar-refractivity contribution in [3.05, 3.63) is 60.2 Å². The molecule has 0 aliphatic carbocycles. The number of phenols is 1. The highest BCUT2D eigenvalue weighted by Gasteiger charge is 2.12. The minimum atomic E-state index is 0.258. The molecule has 0 radical (unpaired) electrons. The standard InChI is InChI=1S/C18H22N2O2S/c1-22-13-5-12-20(14-15-8-10-16(21)11-9-15)18(19)23-17-6-3-2-4-7-17/h2-4,6-11,19,21H,5,12-14H2,1H3. The fourth-order valence-corrected chi connectivity index (χ4v) is 2.94. The number of benzene rings is 2. The number of phenolic OH excluding ortho intramolecular Hbond substituents is 1. The van der Waals surface area contributed by atoms with Crippen LogP contribution in [0, 0.1) is 5.41 Å². The van der Waals surface area contributed by atoms with E-state index >= 15 is 0 Å². The van der Waals surface area contributed by atoms with Crippen molar-refractivity contribution in [2.45, 2.75) is 17.9 Å². The van der Waals surface area contributed by atoms with Gasteiger partial charge < -0.3 is 14.7 Å². The lowest BCUT2D eigenvalue weighted by Crippen LogP contribution is -2.29. The summed E-state index contributed by atoms with van der Waals surface area (Å²) in [5.41, 5.74) is 1.07. The van der Waals surface area contributed by atoms with Crippen molar-refractivity contribution in [2.24, 2.45) is 0 Å². The van der Waals surface area contributed by atoms with Gasteiger partial charge in [0.2, 0.25) is 0 Å². The van der Waals surface area contributed by atoms with Gasteiger partial charge in [0, 0.05) is 31.7 Å². The van der Waals surface area contributed by atoms with Crippen LogP contribution in [-0.4, -0.2) is 35.4 Å². The van der Waals surface area contributed by atoms with E-state index < -0.39 is 0 Å². The van der Waals surface area contributed by atoms with Crippen LogP contribution in [0.1, 0.15) is 12.0 Å². The minimum absolute atomic E-state index is 0.258. The van der Waals surface area contributed by atoms with Crippen LogP contribution in [0.3, 0.4) is 0 Å². The Bertz CT molecular complexity index is 602. The largest absolute Gasteiger partial charge is 0.508 e. The molecule has 0 amide bonds. The van der Waals surface area contributed by atoms with Gasteiger partial charge in [0.05, 0.1) is 0 Å². The predicted molar refractivity (Wildman–Crippen MR) is 95.0 cm³/mol. The third kappa shape index (κ3) is 5.96. The number of hydrogen-bond donors (Lipinski definition) is 2. The van der Waals surface area contributed by atoms with Crippen LogP contribution < -0.4 is 0 Å². The van der Waals surface area contributed by atoms with Crippen LogP contribution in [0.5, 0.6) is 5.75 Å². The number of rotatable bonds is 7. The maximum Gasteiger partial charge on any atom is 0.161 e. The number of amidine groups is 1. The first-order chi connectivity index (χ1) is 11.2. The minimum Gasteiger partial charge on any atom is -0.508 e. The fraction of sp³-hybridized carbons (Fsp3) is 0.278. The molecule has 0 aliphatic rings. The summed E-state index contributed by atoms with van der Waals surface area (Å²) in [6.45, 7) is 2.07. The summed E-state index contributed by atoms with van der Waals surface area (Å²) in [6.07, 6.45) is 0.867. The zero-order valence-electron chi connectivity index (χ0n) is 13.2. The maximum atomic E-state index is 9.39. The first-order valence-corrected chi connectivity index (χ1v) is 8.34. The van der Waals surface area contributed by atoms with Crippen LogP contribution in [0.4, 0.5) is 0 Å². The number of thioether (sulfide) groups is 1. The first-order valence-electron chi connectivity index (χ1n) is 7.52. The lowest BCUT2D eigenvalue weighted by Gasteiger charge is -2.24. The highest BCUT2D eigenvalue weighted by molar-refractivity contribution is 8.13. The molecule has 0 spiro atoms. The van der Waals surface area contributed by atoms with Gasteiger partial charge in [0.1, 0.15) is 5.75 Å². The van der Waals surface area contributed by atoms with E-state index in [2.05, 4.69) is 0 Å². The summed E-state index contributed by atoms with van der Waals surface area (Å²) in [5, 5.41) is 18.3. The third-order valence-electron chi connectivity index (χ3n) is 3.33. The highest BCUT2D eigenvalue weighted by atomic mass is 32.2. The molecule has 0 aliphatic heterocycles. The Labute approximate surface area is 141 Å². The van der Waals surface area contributed by atoms with Crippen molar-refractivity contribution in [1.29, 1.82) is 5.41 Å². The Balaban J connectivity index is 2.03. The van der Waals surface area contributed by atoms with Gasteiger partial charge in [-0.15, -0.1) is 0 Å². The molecule has 0 saturated carbocycles. The van der Waals surface area contributed by atoms with Gasteiger partial charge in [0.15, 0.2) is 5.17 Å². The Hall–Kier alpha value is -1.98. The van der Waals surface area contributed by atoms with Gasteiger partial charge in [-0.05, 0) is 36.2 Å². The third-order valence-corrected chi connectivity index (χ3v) is 4.29.